The molecule has 2 N–H and O–H groups in total. The molecule has 1 saturated carbocycles. The second kappa shape index (κ2) is 5.86. The number of hydrogen-bond donors (Lipinski definition) is 1. The fourth-order valence-corrected chi connectivity index (χ4v) is 3.60. The highest BCUT2D eigenvalue weighted by Crippen LogP contribution is 2.32. The number of carbonyl (C=O) groups excluding carboxylic acids is 1. The molecule has 2 aliphatic rings. The summed E-state index contributed by atoms with van der Waals surface area (Å²) in [5, 5.41) is 0. The predicted octanol–water partition coefficient (Wildman–Crippen LogP) is 3.52. The zero-order valence-electron chi connectivity index (χ0n) is 12.1. The van der Waals surface area contributed by atoms with Crippen LogP contribution in [0.2, 0.25) is 0 Å². The number of carbonyl (C=O) groups is 1. The molecule has 20 heavy (non-hydrogen) atoms. The lowest BCUT2D eigenvalue weighted by Crippen LogP contribution is -2.35. The number of aryl methyl sites for hydroxylation is 1. The predicted molar refractivity (Wildman–Crippen MR) is 82.7 cm³/mol. The number of amides is 1. The van der Waals surface area contributed by atoms with Crippen LogP contribution in [0.4, 0.5) is 11.4 Å². The van der Waals surface area contributed by atoms with Crippen LogP contribution in [0.25, 0.3) is 0 Å². The van der Waals surface area contributed by atoms with Crippen molar-refractivity contribution in [3.8, 4) is 0 Å². The first kappa shape index (κ1) is 13.5. The molecule has 1 amide bonds. The lowest BCUT2D eigenvalue weighted by Gasteiger charge is -2.30. The van der Waals surface area contributed by atoms with E-state index in [1.807, 2.05) is 23.1 Å². The van der Waals surface area contributed by atoms with Gasteiger partial charge in [-0.05, 0) is 55.4 Å². The SMILES string of the molecule is Nc1ccc2c(c1)CCCC(=O)N2CC1CCCCC1. The molecule has 3 nitrogen and oxygen atoms in total. The van der Waals surface area contributed by atoms with E-state index in [0.29, 0.717) is 18.2 Å². The van der Waals surface area contributed by atoms with Crippen LogP contribution in [-0.4, -0.2) is 12.5 Å². The van der Waals surface area contributed by atoms with Crippen molar-refractivity contribution < 1.29 is 4.79 Å². The Morgan fingerprint density at radius 2 is 1.90 bits per heavy atom. The summed E-state index contributed by atoms with van der Waals surface area (Å²) in [6.45, 7) is 0.899. The van der Waals surface area contributed by atoms with Gasteiger partial charge >= 0.3 is 0 Å². The maximum absolute atomic E-state index is 12.4. The first-order chi connectivity index (χ1) is 9.74. The molecule has 0 radical (unpaired) electrons. The summed E-state index contributed by atoms with van der Waals surface area (Å²) in [6, 6.07) is 6.00. The molecular weight excluding hydrogens is 248 g/mol. The standard InChI is InChI=1S/C17H24N2O/c18-15-9-10-16-14(11-15)7-4-8-17(20)19(16)12-13-5-2-1-3-6-13/h9-11,13H,1-8,12,18H2. The van der Waals surface area contributed by atoms with E-state index in [1.165, 1.54) is 37.7 Å². The van der Waals surface area contributed by atoms with Crippen LogP contribution in [0.1, 0.15) is 50.5 Å². The monoisotopic (exact) mass is 272 g/mol. The first-order valence-electron chi connectivity index (χ1n) is 7.93. The zero-order chi connectivity index (χ0) is 13.9. The molecule has 108 valence electrons. The Bertz CT molecular complexity index is 492. The van der Waals surface area contributed by atoms with Gasteiger partial charge in [-0.2, -0.15) is 0 Å². The Labute approximate surface area is 121 Å². The topological polar surface area (TPSA) is 46.3 Å². The molecule has 3 heteroatoms. The molecule has 0 atom stereocenters. The van der Waals surface area contributed by atoms with Crippen LogP contribution in [-0.2, 0) is 11.2 Å². The number of fused-ring (bicyclic) bond motifs is 1. The third kappa shape index (κ3) is 2.82. The minimum Gasteiger partial charge on any atom is -0.399 e. The summed E-state index contributed by atoms with van der Waals surface area (Å²) in [5.41, 5.74) is 9.04. The van der Waals surface area contributed by atoms with Gasteiger partial charge in [-0.3, -0.25) is 4.79 Å². The third-order valence-corrected chi connectivity index (χ3v) is 4.70. The van der Waals surface area contributed by atoms with Crippen LogP contribution in [0.15, 0.2) is 18.2 Å². The minimum absolute atomic E-state index is 0.291. The molecule has 0 aromatic heterocycles. The van der Waals surface area contributed by atoms with E-state index in [9.17, 15) is 4.79 Å². The number of nitrogens with two attached hydrogens (primary N) is 1. The highest BCUT2D eigenvalue weighted by atomic mass is 16.2. The lowest BCUT2D eigenvalue weighted by molar-refractivity contribution is -0.118. The number of nitrogens with zero attached hydrogens (tertiary/aromatic N) is 1. The summed E-state index contributed by atoms with van der Waals surface area (Å²) in [5.74, 6) is 0.968. The van der Waals surface area contributed by atoms with Gasteiger partial charge in [-0.15, -0.1) is 0 Å². The lowest BCUT2D eigenvalue weighted by atomic mass is 9.88. The van der Waals surface area contributed by atoms with E-state index < -0.39 is 0 Å². The highest BCUT2D eigenvalue weighted by molar-refractivity contribution is 5.95. The molecule has 0 saturated heterocycles. The van der Waals surface area contributed by atoms with E-state index in [2.05, 4.69) is 0 Å². The highest BCUT2D eigenvalue weighted by Gasteiger charge is 2.25. The molecule has 1 aromatic carbocycles. The maximum Gasteiger partial charge on any atom is 0.227 e. The molecular formula is C17H24N2O. The van der Waals surface area contributed by atoms with Crippen molar-refractivity contribution in [3.05, 3.63) is 23.8 Å². The molecule has 0 spiro atoms. The largest absolute Gasteiger partial charge is 0.399 e. The van der Waals surface area contributed by atoms with Gasteiger partial charge in [0, 0.05) is 24.3 Å². The molecule has 1 aromatic rings. The van der Waals surface area contributed by atoms with Crippen LogP contribution in [0, 0.1) is 5.92 Å². The Morgan fingerprint density at radius 3 is 2.70 bits per heavy atom. The van der Waals surface area contributed by atoms with Crippen molar-refractivity contribution in [1.29, 1.82) is 0 Å². The van der Waals surface area contributed by atoms with Crippen molar-refractivity contribution in [2.45, 2.75) is 51.4 Å². The fourth-order valence-electron chi connectivity index (χ4n) is 3.60. The first-order valence-corrected chi connectivity index (χ1v) is 7.93. The van der Waals surface area contributed by atoms with Gasteiger partial charge in [-0.25, -0.2) is 0 Å². The van der Waals surface area contributed by atoms with Gasteiger partial charge in [0.25, 0.3) is 0 Å². The van der Waals surface area contributed by atoms with Crippen molar-refractivity contribution >= 4 is 17.3 Å². The van der Waals surface area contributed by atoms with Crippen LogP contribution < -0.4 is 10.6 Å². The van der Waals surface area contributed by atoms with Crippen molar-refractivity contribution in [2.75, 3.05) is 17.2 Å². The molecule has 3 rings (SSSR count). The summed E-state index contributed by atoms with van der Waals surface area (Å²) in [4.78, 5) is 14.5. The molecule has 0 bridgehead atoms. The quantitative estimate of drug-likeness (QED) is 0.837. The van der Waals surface area contributed by atoms with E-state index >= 15 is 0 Å². The summed E-state index contributed by atoms with van der Waals surface area (Å²) < 4.78 is 0. The van der Waals surface area contributed by atoms with Crippen LogP contribution >= 0.6 is 0 Å². The second-order valence-electron chi connectivity index (χ2n) is 6.25. The van der Waals surface area contributed by atoms with E-state index in [4.69, 9.17) is 5.73 Å². The second-order valence-corrected chi connectivity index (χ2v) is 6.25. The van der Waals surface area contributed by atoms with Gasteiger partial charge in [0.15, 0.2) is 0 Å². The number of nitrogen functional groups attached to an aromatic ring is 1. The Hall–Kier alpha value is -1.51. The maximum atomic E-state index is 12.4. The number of benzene rings is 1. The summed E-state index contributed by atoms with van der Waals surface area (Å²) in [6.07, 6.45) is 9.12. The fraction of sp³-hybridized carbons (Fsp3) is 0.588. The van der Waals surface area contributed by atoms with Crippen LogP contribution in [0.3, 0.4) is 0 Å². The average Bonchev–Trinajstić information content (AvgIpc) is 2.60. The van der Waals surface area contributed by atoms with Crippen molar-refractivity contribution in [3.63, 3.8) is 0 Å². The molecule has 1 aliphatic heterocycles. The minimum atomic E-state index is 0.291. The molecule has 1 fully saturated rings. The molecule has 1 aliphatic carbocycles. The molecule has 0 unspecified atom stereocenters. The van der Waals surface area contributed by atoms with Gasteiger partial charge in [0.1, 0.15) is 0 Å². The zero-order valence-corrected chi connectivity index (χ0v) is 12.1. The molecule has 1 heterocycles. The van der Waals surface area contributed by atoms with Gasteiger partial charge in [-0.1, -0.05) is 19.3 Å². The van der Waals surface area contributed by atoms with E-state index in [1.54, 1.807) is 0 Å². The summed E-state index contributed by atoms with van der Waals surface area (Å²) >= 11 is 0. The third-order valence-electron chi connectivity index (χ3n) is 4.70. The van der Waals surface area contributed by atoms with Gasteiger partial charge < -0.3 is 10.6 Å². The van der Waals surface area contributed by atoms with Gasteiger partial charge in [0.05, 0.1) is 0 Å². The smallest absolute Gasteiger partial charge is 0.227 e. The Morgan fingerprint density at radius 1 is 1.10 bits per heavy atom. The van der Waals surface area contributed by atoms with Crippen molar-refractivity contribution in [1.82, 2.24) is 0 Å². The normalized spacial score (nSPS) is 20.6. The summed E-state index contributed by atoms with van der Waals surface area (Å²) in [7, 11) is 0. The number of hydrogen-bond acceptors (Lipinski definition) is 2. The van der Waals surface area contributed by atoms with Crippen LogP contribution in [0.5, 0.6) is 0 Å². The Balaban J connectivity index is 1.85. The average molecular weight is 272 g/mol. The number of rotatable bonds is 2. The number of anilines is 2. The van der Waals surface area contributed by atoms with E-state index in [-0.39, 0.29) is 0 Å². The Kier molecular flexibility index (Phi) is 3.95. The van der Waals surface area contributed by atoms with Gasteiger partial charge in [0.2, 0.25) is 5.91 Å². The van der Waals surface area contributed by atoms with Crippen molar-refractivity contribution in [2.24, 2.45) is 5.92 Å². The van der Waals surface area contributed by atoms with E-state index in [0.717, 1.165) is 30.8 Å².